The molecule has 2 heterocycles. The average Bonchev–Trinajstić information content (AvgIpc) is 2.70. The van der Waals surface area contributed by atoms with Crippen LogP contribution in [0.3, 0.4) is 0 Å². The Labute approximate surface area is 172 Å². The van der Waals surface area contributed by atoms with Crippen LogP contribution in [-0.4, -0.2) is 40.1 Å². The molecule has 1 amide bonds. The average molecular weight is 414 g/mol. The molecule has 2 aromatic rings. The van der Waals surface area contributed by atoms with Gasteiger partial charge in [-0.3, -0.25) is 4.79 Å². The highest BCUT2D eigenvalue weighted by atomic mass is 32.2. The van der Waals surface area contributed by atoms with Crippen LogP contribution in [0.25, 0.3) is 11.4 Å². The molecular weight excluding hydrogens is 392 g/mol. The summed E-state index contributed by atoms with van der Waals surface area (Å²) < 4.78 is 5.79. The number of nitrogens with zero attached hydrogens (tertiary/aromatic N) is 2. The Morgan fingerprint density at radius 1 is 1.48 bits per heavy atom. The molecule has 29 heavy (non-hydrogen) atoms. The van der Waals surface area contributed by atoms with Crippen molar-refractivity contribution in [2.24, 2.45) is 0 Å². The van der Waals surface area contributed by atoms with Crippen LogP contribution >= 0.6 is 11.8 Å². The van der Waals surface area contributed by atoms with Crippen molar-refractivity contribution in [3.05, 3.63) is 50.9 Å². The zero-order chi connectivity index (χ0) is 21.0. The Balaban J connectivity index is 1.88. The summed E-state index contributed by atoms with van der Waals surface area (Å²) in [5, 5.41) is 20.5. The Morgan fingerprint density at radius 3 is 3.00 bits per heavy atom. The molecule has 8 nitrogen and oxygen atoms in total. The molecule has 0 radical (unpaired) electrons. The summed E-state index contributed by atoms with van der Waals surface area (Å²) in [6.45, 7) is 4.06. The number of hydrogen-bond acceptors (Lipinski definition) is 6. The van der Waals surface area contributed by atoms with Gasteiger partial charge in [0, 0.05) is 23.4 Å². The first-order valence-electron chi connectivity index (χ1n) is 9.17. The zero-order valence-electron chi connectivity index (χ0n) is 16.2. The number of fused-ring (bicyclic) bond motifs is 1. The van der Waals surface area contributed by atoms with Crippen LogP contribution in [0.4, 0.5) is 4.79 Å². The number of hydrogen-bond donors (Lipinski definition) is 3. The van der Waals surface area contributed by atoms with E-state index >= 15 is 0 Å². The molecule has 0 aliphatic carbocycles. The Bertz CT molecular complexity index is 1030. The molecule has 1 aromatic carbocycles. The number of nitrogens with one attached hydrogen (secondary N) is 2. The minimum Gasteiger partial charge on any atom is -0.465 e. The number of aromatic nitrogens is 2. The molecule has 0 saturated carbocycles. The second-order valence-corrected chi connectivity index (χ2v) is 8.21. The number of aromatic amines is 1. The van der Waals surface area contributed by atoms with Crippen LogP contribution in [0, 0.1) is 11.3 Å². The first-order valence-corrected chi connectivity index (χ1v) is 10.3. The number of ether oxygens (including phenoxy) is 1. The highest BCUT2D eigenvalue weighted by Gasteiger charge is 2.24. The molecule has 1 aliphatic heterocycles. The van der Waals surface area contributed by atoms with Gasteiger partial charge in [0.1, 0.15) is 5.82 Å². The van der Waals surface area contributed by atoms with Gasteiger partial charge in [-0.2, -0.15) is 17.0 Å². The van der Waals surface area contributed by atoms with E-state index in [1.807, 2.05) is 19.9 Å². The fourth-order valence-corrected chi connectivity index (χ4v) is 4.12. The van der Waals surface area contributed by atoms with Crippen molar-refractivity contribution in [1.82, 2.24) is 15.3 Å². The van der Waals surface area contributed by atoms with Crippen molar-refractivity contribution in [3.8, 4) is 17.5 Å². The smallest absolute Gasteiger partial charge is 0.404 e. The lowest BCUT2D eigenvalue weighted by molar-refractivity contribution is -0.0193. The third-order valence-electron chi connectivity index (χ3n) is 4.76. The van der Waals surface area contributed by atoms with Crippen LogP contribution in [0.5, 0.6) is 0 Å². The number of rotatable bonds is 6. The van der Waals surface area contributed by atoms with E-state index < -0.39 is 11.7 Å². The highest BCUT2D eigenvalue weighted by Crippen LogP contribution is 2.30. The topological polar surface area (TPSA) is 128 Å². The van der Waals surface area contributed by atoms with Gasteiger partial charge in [-0.1, -0.05) is 6.07 Å². The first-order chi connectivity index (χ1) is 13.8. The normalized spacial score (nSPS) is 13.4. The van der Waals surface area contributed by atoms with E-state index in [0.717, 1.165) is 23.4 Å². The molecule has 3 N–H and O–H groups in total. The first kappa shape index (κ1) is 20.9. The number of carboxylic acid groups (broad SMARTS) is 1. The Morgan fingerprint density at radius 2 is 2.28 bits per heavy atom. The maximum atomic E-state index is 12.4. The highest BCUT2D eigenvalue weighted by molar-refractivity contribution is 7.98. The van der Waals surface area contributed by atoms with E-state index in [0.29, 0.717) is 28.3 Å². The van der Waals surface area contributed by atoms with Crippen molar-refractivity contribution in [3.63, 3.8) is 0 Å². The van der Waals surface area contributed by atoms with E-state index in [1.54, 1.807) is 23.9 Å². The van der Waals surface area contributed by atoms with Crippen molar-refractivity contribution < 1.29 is 14.6 Å². The summed E-state index contributed by atoms with van der Waals surface area (Å²) in [5.41, 5.74) is 2.35. The van der Waals surface area contributed by atoms with Crippen LogP contribution in [0.1, 0.15) is 36.2 Å². The van der Waals surface area contributed by atoms with E-state index in [9.17, 15) is 14.9 Å². The fourth-order valence-electron chi connectivity index (χ4n) is 3.14. The molecule has 3 rings (SSSR count). The lowest BCUT2D eigenvalue weighted by Crippen LogP contribution is -2.30. The summed E-state index contributed by atoms with van der Waals surface area (Å²) in [5.74, 6) is 1.98. The Hall–Kier alpha value is -2.83. The predicted molar refractivity (Wildman–Crippen MR) is 110 cm³/mol. The fraction of sp³-hybridized carbons (Fsp3) is 0.400. The van der Waals surface area contributed by atoms with Gasteiger partial charge in [0.2, 0.25) is 0 Å². The van der Waals surface area contributed by atoms with Crippen molar-refractivity contribution in [1.29, 1.82) is 5.26 Å². The predicted octanol–water partition coefficient (Wildman–Crippen LogP) is 2.62. The second kappa shape index (κ2) is 8.68. The summed E-state index contributed by atoms with van der Waals surface area (Å²) in [6.07, 6.45) is -0.366. The number of nitriles is 1. The summed E-state index contributed by atoms with van der Waals surface area (Å²) in [4.78, 5) is 30.4. The molecule has 0 bridgehead atoms. The molecule has 0 atom stereocenters. The monoisotopic (exact) mass is 414 g/mol. The van der Waals surface area contributed by atoms with Gasteiger partial charge < -0.3 is 20.1 Å². The molecule has 0 saturated heterocycles. The maximum Gasteiger partial charge on any atom is 0.404 e. The molecule has 0 unspecified atom stereocenters. The van der Waals surface area contributed by atoms with Gasteiger partial charge in [-0.15, -0.1) is 0 Å². The van der Waals surface area contributed by atoms with Gasteiger partial charge in [0.25, 0.3) is 5.56 Å². The van der Waals surface area contributed by atoms with Gasteiger partial charge in [0.05, 0.1) is 29.5 Å². The van der Waals surface area contributed by atoms with Gasteiger partial charge >= 0.3 is 6.09 Å². The number of thioether (sulfide) groups is 1. The summed E-state index contributed by atoms with van der Waals surface area (Å²) in [6, 6.07) is 7.48. The molecule has 0 fully saturated rings. The molecule has 152 valence electrons. The van der Waals surface area contributed by atoms with Crippen LogP contribution in [0.2, 0.25) is 0 Å². The van der Waals surface area contributed by atoms with E-state index in [1.165, 1.54) is 0 Å². The molecular formula is C20H22N4O4S. The lowest BCUT2D eigenvalue weighted by Gasteiger charge is -2.26. The molecule has 1 aliphatic rings. The van der Waals surface area contributed by atoms with Crippen LogP contribution < -0.4 is 10.9 Å². The van der Waals surface area contributed by atoms with Crippen LogP contribution in [-0.2, 0) is 22.5 Å². The van der Waals surface area contributed by atoms with Gasteiger partial charge in [0.15, 0.2) is 0 Å². The summed E-state index contributed by atoms with van der Waals surface area (Å²) >= 11 is 1.71. The lowest BCUT2D eigenvalue weighted by atomic mass is 9.93. The zero-order valence-corrected chi connectivity index (χ0v) is 17.1. The number of amides is 1. The third kappa shape index (κ3) is 4.78. The minimum atomic E-state index is -1.10. The van der Waals surface area contributed by atoms with E-state index in [2.05, 4.69) is 21.4 Å². The number of benzene rings is 1. The quantitative estimate of drug-likeness (QED) is 0.620. The number of aryl methyl sites for hydroxylation is 1. The van der Waals surface area contributed by atoms with E-state index in [4.69, 9.17) is 9.84 Å². The maximum absolute atomic E-state index is 12.4. The largest absolute Gasteiger partial charge is 0.465 e. The minimum absolute atomic E-state index is 0.153. The molecule has 9 heteroatoms. The van der Waals surface area contributed by atoms with Crippen molar-refractivity contribution in [2.45, 2.75) is 31.6 Å². The second-order valence-electron chi connectivity index (χ2n) is 7.11. The number of carbonyl (C=O) groups is 1. The van der Waals surface area contributed by atoms with Crippen molar-refractivity contribution in [2.75, 3.05) is 18.9 Å². The molecule has 0 spiro atoms. The van der Waals surface area contributed by atoms with Crippen molar-refractivity contribution >= 4 is 17.9 Å². The summed E-state index contributed by atoms with van der Waals surface area (Å²) in [7, 11) is 0. The number of H-pyrrole nitrogens is 1. The van der Waals surface area contributed by atoms with Crippen LogP contribution in [0.15, 0.2) is 23.0 Å². The van der Waals surface area contributed by atoms with Gasteiger partial charge in [-0.05, 0) is 43.7 Å². The SMILES string of the molecule is CC(C)(OCCNC(=O)O)c1ccc(-c2nc3c(c(=O)[nH]2)CSCC3)c(C#N)c1. The Kier molecular flexibility index (Phi) is 6.25. The van der Waals surface area contributed by atoms with E-state index in [-0.39, 0.29) is 18.7 Å². The van der Waals surface area contributed by atoms with Gasteiger partial charge in [-0.25, -0.2) is 9.78 Å². The molecule has 1 aromatic heterocycles. The third-order valence-corrected chi connectivity index (χ3v) is 5.75. The standard InChI is InChI=1S/C20H22N4O4S/c1-20(2,28-7-6-22-19(26)27)13-3-4-14(12(9-13)10-21)17-23-16-5-8-29-11-15(16)18(25)24-17/h3-4,9,22H,5-8,11H2,1-2H3,(H,26,27)(H,23,24,25).